The summed E-state index contributed by atoms with van der Waals surface area (Å²) >= 11 is 1.67. The monoisotopic (exact) mass is 369 g/mol. The van der Waals surface area contributed by atoms with Crippen LogP contribution in [-0.4, -0.2) is 43.5 Å². The summed E-state index contributed by atoms with van der Waals surface area (Å²) in [6.07, 6.45) is 3.43. The summed E-state index contributed by atoms with van der Waals surface area (Å²) in [5, 5.41) is 3.52. The Balaban J connectivity index is 1.42. The Morgan fingerprint density at radius 1 is 1.08 bits per heavy atom. The molecule has 1 amide bonds. The Morgan fingerprint density at radius 3 is 2.77 bits per heavy atom. The third-order valence-corrected chi connectivity index (χ3v) is 6.67. The zero-order valence-electron chi connectivity index (χ0n) is 15.4. The standard InChI is InChI=1S/C21H27N3OS/c1-16-6-2-3-8-18(16)23-12-5-13-24(15-14-23)21(25)20-10-9-19(26-20)17-7-4-11-22-17/h2-3,6,8-10,17,22H,4-5,7,11-15H2,1H3/t17-/m1/s1. The minimum Gasteiger partial charge on any atom is -0.369 e. The number of para-hydroxylation sites is 1. The van der Waals surface area contributed by atoms with Crippen LogP contribution in [0.4, 0.5) is 5.69 Å². The quantitative estimate of drug-likeness (QED) is 0.893. The predicted molar refractivity (Wildman–Crippen MR) is 108 cm³/mol. The van der Waals surface area contributed by atoms with Crippen molar-refractivity contribution in [2.75, 3.05) is 37.6 Å². The van der Waals surface area contributed by atoms with Crippen LogP contribution in [0.15, 0.2) is 36.4 Å². The van der Waals surface area contributed by atoms with Crippen molar-refractivity contribution < 1.29 is 4.79 Å². The third kappa shape index (κ3) is 3.64. The van der Waals surface area contributed by atoms with Crippen LogP contribution in [0.5, 0.6) is 0 Å². The van der Waals surface area contributed by atoms with Crippen molar-refractivity contribution in [2.45, 2.75) is 32.2 Å². The van der Waals surface area contributed by atoms with Gasteiger partial charge in [0.05, 0.1) is 4.88 Å². The fourth-order valence-corrected chi connectivity index (χ4v) is 5.10. The number of rotatable bonds is 3. The largest absolute Gasteiger partial charge is 0.369 e. The highest BCUT2D eigenvalue weighted by molar-refractivity contribution is 7.14. The van der Waals surface area contributed by atoms with Crippen molar-refractivity contribution in [3.05, 3.63) is 51.7 Å². The number of carbonyl (C=O) groups excluding carboxylic acids is 1. The molecular formula is C21H27N3OS. The molecule has 1 aromatic heterocycles. The van der Waals surface area contributed by atoms with Crippen LogP contribution in [0.3, 0.4) is 0 Å². The van der Waals surface area contributed by atoms with Gasteiger partial charge in [-0.1, -0.05) is 18.2 Å². The molecule has 138 valence electrons. The molecule has 2 aromatic rings. The maximum absolute atomic E-state index is 13.0. The lowest BCUT2D eigenvalue weighted by Crippen LogP contribution is -2.35. The van der Waals surface area contributed by atoms with Gasteiger partial charge in [-0.05, 0) is 56.5 Å². The molecule has 2 fully saturated rings. The molecule has 4 rings (SSSR count). The van der Waals surface area contributed by atoms with E-state index in [0.29, 0.717) is 6.04 Å². The number of nitrogens with one attached hydrogen (secondary N) is 1. The van der Waals surface area contributed by atoms with Gasteiger partial charge in [0.2, 0.25) is 0 Å². The topological polar surface area (TPSA) is 35.6 Å². The van der Waals surface area contributed by atoms with Crippen molar-refractivity contribution in [1.29, 1.82) is 0 Å². The Morgan fingerprint density at radius 2 is 1.96 bits per heavy atom. The SMILES string of the molecule is Cc1ccccc1N1CCCN(C(=O)c2ccc([C@H]3CCCN3)s2)CC1. The lowest BCUT2D eigenvalue weighted by Gasteiger charge is -2.25. The van der Waals surface area contributed by atoms with Gasteiger partial charge in [-0.2, -0.15) is 0 Å². The molecule has 5 heteroatoms. The summed E-state index contributed by atoms with van der Waals surface area (Å²) in [6.45, 7) is 6.80. The van der Waals surface area contributed by atoms with E-state index < -0.39 is 0 Å². The molecule has 3 heterocycles. The molecule has 1 aromatic carbocycles. The maximum Gasteiger partial charge on any atom is 0.263 e. The first kappa shape index (κ1) is 17.6. The maximum atomic E-state index is 13.0. The second-order valence-electron chi connectivity index (χ2n) is 7.27. The smallest absolute Gasteiger partial charge is 0.263 e. The summed E-state index contributed by atoms with van der Waals surface area (Å²) in [7, 11) is 0. The van der Waals surface area contributed by atoms with Crippen LogP contribution < -0.4 is 10.2 Å². The minimum atomic E-state index is 0.200. The molecule has 0 spiro atoms. The van der Waals surface area contributed by atoms with Gasteiger partial charge in [0.15, 0.2) is 0 Å². The molecule has 0 bridgehead atoms. The minimum absolute atomic E-state index is 0.200. The molecule has 26 heavy (non-hydrogen) atoms. The van der Waals surface area contributed by atoms with E-state index in [9.17, 15) is 4.79 Å². The van der Waals surface area contributed by atoms with E-state index >= 15 is 0 Å². The fraction of sp³-hybridized carbons (Fsp3) is 0.476. The molecule has 2 aliphatic heterocycles. The van der Waals surface area contributed by atoms with Crippen LogP contribution in [0.25, 0.3) is 0 Å². The van der Waals surface area contributed by atoms with Gasteiger partial charge < -0.3 is 15.1 Å². The van der Waals surface area contributed by atoms with E-state index in [1.807, 2.05) is 11.0 Å². The van der Waals surface area contributed by atoms with Gasteiger partial charge in [-0.3, -0.25) is 4.79 Å². The number of carbonyl (C=O) groups is 1. The second-order valence-corrected chi connectivity index (χ2v) is 8.39. The lowest BCUT2D eigenvalue weighted by atomic mass is 10.2. The second kappa shape index (κ2) is 7.80. The van der Waals surface area contributed by atoms with Crippen molar-refractivity contribution in [2.24, 2.45) is 0 Å². The third-order valence-electron chi connectivity index (χ3n) is 5.48. The Labute approximate surface area is 159 Å². The lowest BCUT2D eigenvalue weighted by molar-refractivity contribution is 0.0772. The Kier molecular flexibility index (Phi) is 5.27. The summed E-state index contributed by atoms with van der Waals surface area (Å²) in [6, 6.07) is 13.1. The molecule has 0 saturated carbocycles. The highest BCUT2D eigenvalue weighted by Crippen LogP contribution is 2.30. The molecule has 0 aliphatic carbocycles. The van der Waals surface area contributed by atoms with Crippen LogP contribution in [0.1, 0.15) is 45.4 Å². The Hall–Kier alpha value is -1.85. The zero-order chi connectivity index (χ0) is 17.9. The summed E-state index contributed by atoms with van der Waals surface area (Å²) in [5.41, 5.74) is 2.60. The van der Waals surface area contributed by atoms with Crippen LogP contribution in [0.2, 0.25) is 0 Å². The first-order valence-corrected chi connectivity index (χ1v) is 10.5. The van der Waals surface area contributed by atoms with Crippen molar-refractivity contribution >= 4 is 22.9 Å². The zero-order valence-corrected chi connectivity index (χ0v) is 16.2. The first-order chi connectivity index (χ1) is 12.7. The number of thiophene rings is 1. The van der Waals surface area contributed by atoms with Gasteiger partial charge in [-0.15, -0.1) is 11.3 Å². The predicted octanol–water partition coefficient (Wildman–Crippen LogP) is 3.83. The summed E-state index contributed by atoms with van der Waals surface area (Å²) in [4.78, 5) is 19.6. The van der Waals surface area contributed by atoms with Gasteiger partial charge >= 0.3 is 0 Å². The highest BCUT2D eigenvalue weighted by Gasteiger charge is 2.24. The van der Waals surface area contributed by atoms with Gasteiger partial charge in [0, 0.05) is 42.8 Å². The van der Waals surface area contributed by atoms with Crippen LogP contribution in [0, 0.1) is 6.92 Å². The molecule has 0 unspecified atom stereocenters. The normalized spacial score (nSPS) is 21.0. The van der Waals surface area contributed by atoms with E-state index in [4.69, 9.17) is 0 Å². The molecule has 1 atom stereocenters. The number of anilines is 1. The number of aryl methyl sites for hydroxylation is 1. The summed E-state index contributed by atoms with van der Waals surface area (Å²) in [5.74, 6) is 0.200. The Bertz CT molecular complexity index is 766. The molecule has 2 saturated heterocycles. The molecule has 1 N–H and O–H groups in total. The first-order valence-electron chi connectivity index (χ1n) is 9.65. The molecule has 4 nitrogen and oxygen atoms in total. The van der Waals surface area contributed by atoms with Crippen molar-refractivity contribution in [3.63, 3.8) is 0 Å². The summed E-state index contributed by atoms with van der Waals surface area (Å²) < 4.78 is 0. The van der Waals surface area contributed by atoms with Gasteiger partial charge in [0.25, 0.3) is 5.91 Å². The van der Waals surface area contributed by atoms with E-state index in [2.05, 4.69) is 47.5 Å². The fourth-order valence-electron chi connectivity index (χ4n) is 4.02. The van der Waals surface area contributed by atoms with E-state index in [1.54, 1.807) is 11.3 Å². The van der Waals surface area contributed by atoms with Gasteiger partial charge in [-0.25, -0.2) is 0 Å². The average molecular weight is 370 g/mol. The van der Waals surface area contributed by atoms with Gasteiger partial charge in [0.1, 0.15) is 0 Å². The number of benzene rings is 1. The number of nitrogens with zero attached hydrogens (tertiary/aromatic N) is 2. The van der Waals surface area contributed by atoms with Crippen molar-refractivity contribution in [1.82, 2.24) is 10.2 Å². The van der Waals surface area contributed by atoms with E-state index in [1.165, 1.54) is 29.0 Å². The van der Waals surface area contributed by atoms with Crippen LogP contribution >= 0.6 is 11.3 Å². The number of amides is 1. The molecule has 2 aliphatic rings. The average Bonchev–Trinajstić information content (AvgIpc) is 3.29. The van der Waals surface area contributed by atoms with E-state index in [-0.39, 0.29) is 5.91 Å². The van der Waals surface area contributed by atoms with E-state index in [0.717, 1.165) is 44.0 Å². The molecular weight excluding hydrogens is 342 g/mol. The number of hydrogen-bond donors (Lipinski definition) is 1. The highest BCUT2D eigenvalue weighted by atomic mass is 32.1. The van der Waals surface area contributed by atoms with Crippen molar-refractivity contribution in [3.8, 4) is 0 Å². The van der Waals surface area contributed by atoms with Crippen LogP contribution in [-0.2, 0) is 0 Å². The molecule has 0 radical (unpaired) electrons. The number of hydrogen-bond acceptors (Lipinski definition) is 4.